The van der Waals surface area contributed by atoms with E-state index in [0.29, 0.717) is 11.6 Å². The van der Waals surface area contributed by atoms with Crippen LogP contribution >= 0.6 is 0 Å². The normalized spacial score (nSPS) is 11.0. The highest BCUT2D eigenvalue weighted by atomic mass is 16.3. The summed E-state index contributed by atoms with van der Waals surface area (Å²) < 4.78 is 0. The number of nitrogens with zero attached hydrogens (tertiary/aromatic N) is 1. The van der Waals surface area contributed by atoms with Crippen LogP contribution < -0.4 is 5.69 Å². The van der Waals surface area contributed by atoms with Crippen molar-refractivity contribution in [1.29, 1.82) is 0 Å². The average Bonchev–Trinajstić information content (AvgIpc) is 2.56. The van der Waals surface area contributed by atoms with Crippen LogP contribution in [0.25, 0.3) is 22.5 Å². The van der Waals surface area contributed by atoms with E-state index in [1.54, 1.807) is 12.1 Å². The first kappa shape index (κ1) is 16.0. The Morgan fingerprint density at radius 3 is 2.54 bits per heavy atom. The van der Waals surface area contributed by atoms with E-state index in [4.69, 9.17) is 0 Å². The van der Waals surface area contributed by atoms with Crippen LogP contribution in [0.4, 0.5) is 0 Å². The molecule has 0 bridgehead atoms. The van der Waals surface area contributed by atoms with Gasteiger partial charge in [-0.05, 0) is 48.2 Å². The molecule has 2 N–H and O–H groups in total. The second-order valence-corrected chi connectivity index (χ2v) is 6.23. The first-order chi connectivity index (χ1) is 11.5. The number of H-pyrrole nitrogens is 1. The van der Waals surface area contributed by atoms with Gasteiger partial charge in [0, 0.05) is 11.1 Å². The van der Waals surface area contributed by atoms with Gasteiger partial charge in [0.05, 0.1) is 11.4 Å². The highest BCUT2D eigenvalue weighted by Gasteiger charge is 2.11. The number of rotatable bonds is 3. The van der Waals surface area contributed by atoms with Gasteiger partial charge in [0.1, 0.15) is 5.75 Å². The number of hydrogen-bond acceptors (Lipinski definition) is 3. The van der Waals surface area contributed by atoms with Crippen molar-refractivity contribution in [3.63, 3.8) is 0 Å². The van der Waals surface area contributed by atoms with Crippen molar-refractivity contribution in [1.82, 2.24) is 9.97 Å². The smallest absolute Gasteiger partial charge is 0.345 e. The summed E-state index contributed by atoms with van der Waals surface area (Å²) in [5.41, 5.74) is 4.69. The predicted molar refractivity (Wildman–Crippen MR) is 96.2 cm³/mol. The molecule has 0 atom stereocenters. The van der Waals surface area contributed by atoms with Gasteiger partial charge in [-0.15, -0.1) is 0 Å². The molecule has 3 rings (SSSR count). The van der Waals surface area contributed by atoms with E-state index < -0.39 is 0 Å². The molecule has 0 aliphatic carbocycles. The molecule has 0 spiro atoms. The van der Waals surface area contributed by atoms with Gasteiger partial charge in [-0.25, -0.2) is 4.79 Å². The lowest BCUT2D eigenvalue weighted by Crippen LogP contribution is -2.12. The van der Waals surface area contributed by atoms with Gasteiger partial charge in [-0.1, -0.05) is 38.1 Å². The third kappa shape index (κ3) is 3.08. The first-order valence-corrected chi connectivity index (χ1v) is 7.96. The van der Waals surface area contributed by atoms with Crippen LogP contribution in [0.3, 0.4) is 0 Å². The third-order valence-electron chi connectivity index (χ3n) is 4.11. The number of aromatic hydroxyl groups is 1. The standard InChI is InChI=1S/C20H20N2O2/c1-12(2)15-6-4-5-7-16(15)18-11-17(21-20(24)22-18)14-8-9-19(23)13(3)10-14/h4-12,23H,1-3H3,(H,21,22,24). The number of nitrogens with one attached hydrogen (secondary N) is 1. The topological polar surface area (TPSA) is 66.0 Å². The minimum absolute atomic E-state index is 0.231. The van der Waals surface area contributed by atoms with E-state index in [1.807, 2.05) is 37.3 Å². The first-order valence-electron chi connectivity index (χ1n) is 7.96. The number of benzene rings is 2. The summed E-state index contributed by atoms with van der Waals surface area (Å²) in [5, 5.41) is 9.69. The highest BCUT2D eigenvalue weighted by Crippen LogP contribution is 2.30. The van der Waals surface area contributed by atoms with E-state index in [-0.39, 0.29) is 11.4 Å². The van der Waals surface area contributed by atoms with Crippen molar-refractivity contribution in [3.8, 4) is 28.3 Å². The molecule has 1 heterocycles. The summed E-state index contributed by atoms with van der Waals surface area (Å²) in [4.78, 5) is 19.0. The summed E-state index contributed by atoms with van der Waals surface area (Å²) in [6.45, 7) is 6.08. The number of aryl methyl sites for hydroxylation is 1. The number of aromatic amines is 1. The molecule has 0 amide bonds. The number of aromatic nitrogens is 2. The van der Waals surface area contributed by atoms with Crippen molar-refractivity contribution in [3.05, 3.63) is 70.1 Å². The summed E-state index contributed by atoms with van der Waals surface area (Å²) in [6, 6.07) is 15.1. The Hall–Kier alpha value is -2.88. The Kier molecular flexibility index (Phi) is 4.21. The van der Waals surface area contributed by atoms with Crippen LogP contribution in [0.2, 0.25) is 0 Å². The Balaban J connectivity index is 2.17. The molecule has 0 aliphatic heterocycles. The van der Waals surface area contributed by atoms with E-state index in [1.165, 1.54) is 5.56 Å². The zero-order valence-corrected chi connectivity index (χ0v) is 14.0. The molecule has 2 aromatic carbocycles. The molecule has 4 heteroatoms. The van der Waals surface area contributed by atoms with E-state index in [0.717, 1.165) is 22.4 Å². The van der Waals surface area contributed by atoms with Gasteiger partial charge in [-0.3, -0.25) is 0 Å². The molecule has 4 nitrogen and oxygen atoms in total. The molecular weight excluding hydrogens is 300 g/mol. The Morgan fingerprint density at radius 1 is 1.08 bits per heavy atom. The van der Waals surface area contributed by atoms with Crippen LogP contribution in [0, 0.1) is 6.92 Å². The maximum absolute atomic E-state index is 12.1. The SMILES string of the molecule is Cc1cc(-c2cc(-c3ccccc3C(C)C)[nH]c(=O)n2)ccc1O. The number of phenols is 1. The molecule has 1 aromatic heterocycles. The molecule has 0 unspecified atom stereocenters. The molecule has 0 aliphatic rings. The van der Waals surface area contributed by atoms with E-state index in [9.17, 15) is 9.90 Å². The number of hydrogen-bond donors (Lipinski definition) is 2. The maximum Gasteiger partial charge on any atom is 0.345 e. The van der Waals surface area contributed by atoms with Gasteiger partial charge in [0.2, 0.25) is 0 Å². The van der Waals surface area contributed by atoms with Crippen molar-refractivity contribution in [2.75, 3.05) is 0 Å². The molecular formula is C20H20N2O2. The lowest BCUT2D eigenvalue weighted by molar-refractivity contribution is 0.471. The van der Waals surface area contributed by atoms with E-state index in [2.05, 4.69) is 29.9 Å². The van der Waals surface area contributed by atoms with Gasteiger partial charge in [0.25, 0.3) is 0 Å². The monoisotopic (exact) mass is 320 g/mol. The molecule has 122 valence electrons. The lowest BCUT2D eigenvalue weighted by atomic mass is 9.94. The average molecular weight is 320 g/mol. The zero-order valence-electron chi connectivity index (χ0n) is 14.0. The van der Waals surface area contributed by atoms with Crippen molar-refractivity contribution < 1.29 is 5.11 Å². The zero-order chi connectivity index (χ0) is 17.3. The lowest BCUT2D eigenvalue weighted by Gasteiger charge is -2.13. The van der Waals surface area contributed by atoms with Crippen molar-refractivity contribution >= 4 is 0 Å². The van der Waals surface area contributed by atoms with Crippen LogP contribution in [0.5, 0.6) is 5.75 Å². The predicted octanol–water partition coefficient (Wildman–Crippen LogP) is 4.24. The third-order valence-corrected chi connectivity index (χ3v) is 4.11. The molecule has 0 radical (unpaired) electrons. The van der Waals surface area contributed by atoms with Crippen LogP contribution in [0.15, 0.2) is 53.3 Å². The Bertz CT molecular complexity index is 942. The van der Waals surface area contributed by atoms with Crippen LogP contribution in [0.1, 0.15) is 30.9 Å². The number of phenolic OH excluding ortho intramolecular Hbond substituents is 1. The quantitative estimate of drug-likeness (QED) is 0.758. The van der Waals surface area contributed by atoms with Gasteiger partial charge >= 0.3 is 5.69 Å². The van der Waals surface area contributed by atoms with E-state index >= 15 is 0 Å². The fourth-order valence-corrected chi connectivity index (χ4v) is 2.81. The minimum Gasteiger partial charge on any atom is -0.508 e. The van der Waals surface area contributed by atoms with Gasteiger partial charge < -0.3 is 10.1 Å². The van der Waals surface area contributed by atoms with Crippen LogP contribution in [-0.4, -0.2) is 15.1 Å². The molecule has 3 aromatic rings. The molecule has 0 saturated heterocycles. The van der Waals surface area contributed by atoms with Gasteiger partial charge in [-0.2, -0.15) is 4.98 Å². The van der Waals surface area contributed by atoms with Gasteiger partial charge in [0.15, 0.2) is 0 Å². The Labute approximate surface area is 140 Å². The summed E-state index contributed by atoms with van der Waals surface area (Å²) >= 11 is 0. The summed E-state index contributed by atoms with van der Waals surface area (Å²) in [7, 11) is 0. The fraction of sp³-hybridized carbons (Fsp3) is 0.200. The fourth-order valence-electron chi connectivity index (χ4n) is 2.81. The minimum atomic E-state index is -0.383. The second kappa shape index (κ2) is 6.32. The summed E-state index contributed by atoms with van der Waals surface area (Å²) in [5.74, 6) is 0.575. The summed E-state index contributed by atoms with van der Waals surface area (Å²) in [6.07, 6.45) is 0. The second-order valence-electron chi connectivity index (χ2n) is 6.23. The molecule has 0 fully saturated rings. The molecule has 0 saturated carbocycles. The van der Waals surface area contributed by atoms with Crippen LogP contribution in [-0.2, 0) is 0 Å². The largest absolute Gasteiger partial charge is 0.508 e. The molecule has 24 heavy (non-hydrogen) atoms. The maximum atomic E-state index is 12.1. The van der Waals surface area contributed by atoms with Crippen molar-refractivity contribution in [2.45, 2.75) is 26.7 Å². The highest BCUT2D eigenvalue weighted by molar-refractivity contribution is 5.70. The van der Waals surface area contributed by atoms with Crippen molar-refractivity contribution in [2.24, 2.45) is 0 Å². The Morgan fingerprint density at radius 2 is 1.83 bits per heavy atom.